The number of halogens is 1. The predicted octanol–water partition coefficient (Wildman–Crippen LogP) is 4.40. The number of nitrogens with zero attached hydrogens (tertiary/aromatic N) is 1. The van der Waals surface area contributed by atoms with Crippen LogP contribution in [0.15, 0.2) is 40.6 Å². The number of aryl methyl sites for hydroxylation is 2. The Hall–Kier alpha value is -1.61. The highest BCUT2D eigenvalue weighted by molar-refractivity contribution is 7.91. The second kappa shape index (κ2) is 7.96. The Morgan fingerprint density at radius 1 is 1.12 bits per heavy atom. The second-order valence-electron chi connectivity index (χ2n) is 5.76. The Labute approximate surface area is 160 Å². The fourth-order valence-electron chi connectivity index (χ4n) is 2.44. The highest BCUT2D eigenvalue weighted by atomic mass is 32.2. The largest absolute Gasteiger partial charge is 0.250 e. The summed E-state index contributed by atoms with van der Waals surface area (Å²) < 4.78 is 40.7. The van der Waals surface area contributed by atoms with E-state index in [1.54, 1.807) is 18.2 Å². The van der Waals surface area contributed by atoms with Crippen molar-refractivity contribution in [1.82, 2.24) is 9.71 Å². The Morgan fingerprint density at radius 3 is 2.50 bits per heavy atom. The lowest BCUT2D eigenvalue weighted by Gasteiger charge is -2.04. The molecule has 0 atom stereocenters. The van der Waals surface area contributed by atoms with E-state index in [1.807, 2.05) is 19.9 Å². The van der Waals surface area contributed by atoms with Crippen LogP contribution in [0.25, 0.3) is 10.6 Å². The van der Waals surface area contributed by atoms with Gasteiger partial charge in [-0.15, -0.1) is 22.7 Å². The van der Waals surface area contributed by atoms with Gasteiger partial charge >= 0.3 is 0 Å². The molecule has 0 saturated carbocycles. The average molecular weight is 411 g/mol. The molecule has 1 aromatic carbocycles. The Balaban J connectivity index is 1.65. The highest BCUT2D eigenvalue weighted by Crippen LogP contribution is 2.28. The third-order valence-electron chi connectivity index (χ3n) is 3.88. The van der Waals surface area contributed by atoms with Crippen molar-refractivity contribution < 1.29 is 12.8 Å². The molecule has 138 valence electrons. The number of hydrogen-bond donors (Lipinski definition) is 1. The molecule has 2 aromatic heterocycles. The monoisotopic (exact) mass is 410 g/mol. The summed E-state index contributed by atoms with van der Waals surface area (Å²) in [6.07, 6.45) is 1.39. The molecule has 0 aliphatic heterocycles. The van der Waals surface area contributed by atoms with E-state index in [9.17, 15) is 12.8 Å². The lowest BCUT2D eigenvalue weighted by atomic mass is 10.2. The first-order valence-corrected chi connectivity index (χ1v) is 11.3. The quantitative estimate of drug-likeness (QED) is 0.628. The summed E-state index contributed by atoms with van der Waals surface area (Å²) in [6.45, 7) is 4.22. The number of sulfonamides is 1. The normalized spacial score (nSPS) is 11.8. The average Bonchev–Trinajstić information content (AvgIpc) is 3.23. The molecule has 0 unspecified atom stereocenters. The van der Waals surface area contributed by atoms with Crippen LogP contribution >= 0.6 is 22.7 Å². The van der Waals surface area contributed by atoms with Crippen LogP contribution in [0.3, 0.4) is 0 Å². The van der Waals surface area contributed by atoms with Gasteiger partial charge in [0.15, 0.2) is 0 Å². The number of rotatable bonds is 7. The van der Waals surface area contributed by atoms with Crippen LogP contribution in [0, 0.1) is 12.7 Å². The first kappa shape index (κ1) is 19.2. The van der Waals surface area contributed by atoms with Gasteiger partial charge in [-0.05, 0) is 56.2 Å². The van der Waals surface area contributed by atoms with Crippen molar-refractivity contribution in [2.45, 2.75) is 30.9 Å². The van der Waals surface area contributed by atoms with Crippen molar-refractivity contribution in [3.05, 3.63) is 57.7 Å². The van der Waals surface area contributed by atoms with E-state index in [-0.39, 0.29) is 5.82 Å². The van der Waals surface area contributed by atoms with E-state index in [4.69, 9.17) is 0 Å². The van der Waals surface area contributed by atoms with E-state index in [0.717, 1.165) is 32.4 Å². The van der Waals surface area contributed by atoms with Gasteiger partial charge in [0.2, 0.25) is 10.0 Å². The van der Waals surface area contributed by atoms with Crippen LogP contribution in [0.1, 0.15) is 22.4 Å². The highest BCUT2D eigenvalue weighted by Gasteiger charge is 2.17. The molecule has 1 N–H and O–H groups in total. The molecule has 2 heterocycles. The molecule has 0 saturated heterocycles. The van der Waals surface area contributed by atoms with Gasteiger partial charge in [-0.3, -0.25) is 0 Å². The zero-order valence-corrected chi connectivity index (χ0v) is 16.9. The van der Waals surface area contributed by atoms with Gasteiger partial charge in [-0.2, -0.15) is 0 Å². The number of nitrogens with one attached hydrogen (secondary N) is 1. The van der Waals surface area contributed by atoms with Crippen molar-refractivity contribution in [3.63, 3.8) is 0 Å². The topological polar surface area (TPSA) is 59.1 Å². The van der Waals surface area contributed by atoms with Crippen molar-refractivity contribution >= 4 is 32.7 Å². The standard InChI is InChI=1S/C18H19FN2O2S3/c1-3-15-8-9-17(24-15)26(22,23)20-11-10-16-12(2)21-18(25-16)13-4-6-14(19)7-5-13/h4-9,20H,3,10-11H2,1-2H3. The number of thiophene rings is 1. The van der Waals surface area contributed by atoms with Crippen molar-refractivity contribution in [1.29, 1.82) is 0 Å². The fraction of sp³-hybridized carbons (Fsp3) is 0.278. The molecular formula is C18H19FN2O2S3. The van der Waals surface area contributed by atoms with Gasteiger partial charge in [-0.25, -0.2) is 22.5 Å². The summed E-state index contributed by atoms with van der Waals surface area (Å²) in [5, 5.41) is 0.811. The lowest BCUT2D eigenvalue weighted by Crippen LogP contribution is -2.25. The van der Waals surface area contributed by atoms with Gasteiger partial charge in [0, 0.05) is 21.9 Å². The third kappa shape index (κ3) is 4.37. The molecule has 3 aromatic rings. The third-order valence-corrected chi connectivity index (χ3v) is 8.33. The number of thiazole rings is 1. The fourth-order valence-corrected chi connectivity index (χ4v) is 5.88. The minimum atomic E-state index is -3.47. The summed E-state index contributed by atoms with van der Waals surface area (Å²) in [5.74, 6) is -0.281. The van der Waals surface area contributed by atoms with Gasteiger partial charge in [0.25, 0.3) is 0 Å². The molecule has 4 nitrogen and oxygen atoms in total. The van der Waals surface area contributed by atoms with Crippen LogP contribution in [0.4, 0.5) is 4.39 Å². The smallest absolute Gasteiger partial charge is 0.241 e. The predicted molar refractivity (Wildman–Crippen MR) is 105 cm³/mol. The van der Waals surface area contributed by atoms with Crippen LogP contribution in [-0.4, -0.2) is 19.9 Å². The minimum absolute atomic E-state index is 0.281. The molecule has 26 heavy (non-hydrogen) atoms. The molecule has 8 heteroatoms. The van der Waals surface area contributed by atoms with E-state index < -0.39 is 10.0 Å². The Bertz CT molecular complexity index is 992. The summed E-state index contributed by atoms with van der Waals surface area (Å²) in [4.78, 5) is 6.59. The molecule has 0 spiro atoms. The number of benzene rings is 1. The van der Waals surface area contributed by atoms with Gasteiger partial charge in [0.1, 0.15) is 15.0 Å². The zero-order chi connectivity index (χ0) is 18.7. The van der Waals surface area contributed by atoms with Crippen LogP contribution in [0.5, 0.6) is 0 Å². The maximum atomic E-state index is 13.0. The maximum absolute atomic E-state index is 13.0. The molecule has 3 rings (SSSR count). The molecule has 0 radical (unpaired) electrons. The minimum Gasteiger partial charge on any atom is -0.241 e. The zero-order valence-electron chi connectivity index (χ0n) is 14.5. The first-order valence-electron chi connectivity index (χ1n) is 8.19. The van der Waals surface area contributed by atoms with Gasteiger partial charge in [0.05, 0.1) is 5.69 Å². The van der Waals surface area contributed by atoms with E-state index in [1.165, 1.54) is 34.8 Å². The van der Waals surface area contributed by atoms with E-state index >= 15 is 0 Å². The Kier molecular flexibility index (Phi) is 5.86. The van der Waals surface area contributed by atoms with Crippen molar-refractivity contribution in [2.75, 3.05) is 6.54 Å². The van der Waals surface area contributed by atoms with Crippen molar-refractivity contribution in [2.24, 2.45) is 0 Å². The van der Waals surface area contributed by atoms with Crippen LogP contribution < -0.4 is 4.72 Å². The molecular weight excluding hydrogens is 391 g/mol. The van der Waals surface area contributed by atoms with E-state index in [2.05, 4.69) is 9.71 Å². The maximum Gasteiger partial charge on any atom is 0.250 e. The summed E-state index contributed by atoms with van der Waals surface area (Å²) >= 11 is 2.81. The first-order chi connectivity index (χ1) is 12.4. The molecule has 0 amide bonds. The van der Waals surface area contributed by atoms with E-state index in [0.29, 0.717) is 17.2 Å². The molecule has 0 aliphatic carbocycles. The second-order valence-corrected chi connectivity index (χ2v) is 10.0. The van der Waals surface area contributed by atoms with Crippen LogP contribution in [0.2, 0.25) is 0 Å². The summed E-state index contributed by atoms with van der Waals surface area (Å²) in [6, 6.07) is 9.71. The summed E-state index contributed by atoms with van der Waals surface area (Å²) in [5.41, 5.74) is 1.73. The molecule has 0 bridgehead atoms. The van der Waals surface area contributed by atoms with Crippen LogP contribution in [-0.2, 0) is 22.9 Å². The van der Waals surface area contributed by atoms with Crippen molar-refractivity contribution in [3.8, 4) is 10.6 Å². The number of hydrogen-bond acceptors (Lipinski definition) is 5. The lowest BCUT2D eigenvalue weighted by molar-refractivity contribution is 0.584. The number of aromatic nitrogens is 1. The SMILES string of the molecule is CCc1ccc(S(=O)(=O)NCCc2sc(-c3ccc(F)cc3)nc2C)s1. The summed E-state index contributed by atoms with van der Waals surface area (Å²) in [7, 11) is -3.47. The van der Waals surface area contributed by atoms with Gasteiger partial charge in [-0.1, -0.05) is 6.92 Å². The molecule has 0 aliphatic rings. The van der Waals surface area contributed by atoms with Gasteiger partial charge < -0.3 is 0 Å². The Morgan fingerprint density at radius 2 is 1.85 bits per heavy atom. The molecule has 0 fully saturated rings.